The van der Waals surface area contributed by atoms with Crippen molar-refractivity contribution in [3.8, 4) is 11.1 Å². The van der Waals surface area contributed by atoms with Crippen LogP contribution >= 0.6 is 0 Å². The van der Waals surface area contributed by atoms with Gasteiger partial charge in [0.25, 0.3) is 0 Å². The molecule has 32 heavy (non-hydrogen) atoms. The number of aliphatic carboxylic acids is 1. The Hall–Kier alpha value is -3.72. The molecule has 1 aromatic heterocycles. The molecule has 4 N–H and O–H groups in total. The molecule has 3 aromatic rings. The number of rotatable bonds is 10. The fourth-order valence-corrected chi connectivity index (χ4v) is 3.63. The van der Waals surface area contributed by atoms with Gasteiger partial charge >= 0.3 is 5.97 Å². The summed E-state index contributed by atoms with van der Waals surface area (Å²) in [5.41, 5.74) is 12.8. The first-order valence-electron chi connectivity index (χ1n) is 10.8. The summed E-state index contributed by atoms with van der Waals surface area (Å²) in [6, 6.07) is 16.5. The van der Waals surface area contributed by atoms with Gasteiger partial charge in [0.2, 0.25) is 0 Å². The average molecular weight is 434 g/mol. The van der Waals surface area contributed by atoms with Crippen LogP contribution in [0.2, 0.25) is 0 Å². The van der Waals surface area contributed by atoms with Crippen LogP contribution in [0.25, 0.3) is 11.1 Å². The highest BCUT2D eigenvalue weighted by atomic mass is 16.4. The molecule has 0 aliphatic carbocycles. The number of hydrogen-bond acceptors (Lipinski definition) is 7. The Bertz CT molecular complexity index is 1110. The number of amidine groups is 1. The van der Waals surface area contributed by atoms with Gasteiger partial charge in [-0.1, -0.05) is 61.9 Å². The summed E-state index contributed by atoms with van der Waals surface area (Å²) in [7, 11) is 0. The maximum atomic E-state index is 10.9. The Labute approximate surface area is 186 Å². The Morgan fingerprint density at radius 3 is 2.53 bits per heavy atom. The van der Waals surface area contributed by atoms with Crippen molar-refractivity contribution in [1.82, 2.24) is 31.3 Å². The number of carboxylic acid groups (broad SMARTS) is 1. The molecule has 0 spiro atoms. The van der Waals surface area contributed by atoms with Crippen LogP contribution in [0.3, 0.4) is 0 Å². The van der Waals surface area contributed by atoms with Gasteiger partial charge in [0, 0.05) is 18.4 Å². The molecular formula is C23H27N7O2. The standard InChI is InChI=1S/C23H27N7O2/c1-2-3-8-21-24-20(13-14-22(31)32)27-30(21)15-16-9-11-17(12-10-16)18-6-4-5-7-19(18)23-25-28-29-26-23/h4-7,9-12,28-29H,2-3,8,13-15H2,1H3,(H,25,26)(H,31,32). The zero-order chi connectivity index (χ0) is 22.3. The third-order valence-corrected chi connectivity index (χ3v) is 5.29. The van der Waals surface area contributed by atoms with Crippen LogP contribution in [0.5, 0.6) is 0 Å². The number of aryl methyl sites for hydroxylation is 2. The summed E-state index contributed by atoms with van der Waals surface area (Å²) < 4.78 is 1.91. The lowest BCUT2D eigenvalue weighted by atomic mass is 9.98. The van der Waals surface area contributed by atoms with Crippen molar-refractivity contribution in [3.63, 3.8) is 0 Å². The number of hydrazine groups is 2. The monoisotopic (exact) mass is 433 g/mol. The summed E-state index contributed by atoms with van der Waals surface area (Å²) in [5, 5.41) is 17.8. The minimum atomic E-state index is -0.836. The molecular weight excluding hydrogens is 406 g/mol. The van der Waals surface area contributed by atoms with Gasteiger partial charge in [-0.05, 0) is 23.1 Å². The topological polar surface area (TPSA) is 116 Å². The lowest BCUT2D eigenvalue weighted by Crippen LogP contribution is -2.35. The van der Waals surface area contributed by atoms with Crippen LogP contribution in [0.15, 0.2) is 53.6 Å². The van der Waals surface area contributed by atoms with Crippen LogP contribution < -0.4 is 16.5 Å². The molecule has 0 saturated heterocycles. The lowest BCUT2D eigenvalue weighted by Gasteiger charge is -2.11. The van der Waals surface area contributed by atoms with Crippen LogP contribution in [0.4, 0.5) is 0 Å². The maximum Gasteiger partial charge on any atom is 0.303 e. The molecule has 4 rings (SSSR count). The molecule has 0 bridgehead atoms. The third kappa shape index (κ3) is 5.12. The Morgan fingerprint density at radius 1 is 1.06 bits per heavy atom. The quantitative estimate of drug-likeness (QED) is 0.388. The van der Waals surface area contributed by atoms with E-state index in [9.17, 15) is 4.79 Å². The highest BCUT2D eigenvalue weighted by Gasteiger charge is 2.14. The van der Waals surface area contributed by atoms with Crippen LogP contribution in [0, 0.1) is 0 Å². The highest BCUT2D eigenvalue weighted by Crippen LogP contribution is 2.25. The number of nitrogens with zero attached hydrogens (tertiary/aromatic N) is 4. The number of hydrazone groups is 1. The van der Waals surface area contributed by atoms with Crippen molar-refractivity contribution in [1.29, 1.82) is 0 Å². The number of nitrogens with one attached hydrogen (secondary N) is 3. The summed E-state index contributed by atoms with van der Waals surface area (Å²) in [4.78, 5) is 15.5. The molecule has 0 saturated carbocycles. The Morgan fingerprint density at radius 2 is 1.84 bits per heavy atom. The lowest BCUT2D eigenvalue weighted by molar-refractivity contribution is -0.137. The van der Waals surface area contributed by atoms with Gasteiger partial charge in [0.1, 0.15) is 5.82 Å². The maximum absolute atomic E-state index is 10.9. The predicted octanol–water partition coefficient (Wildman–Crippen LogP) is 2.63. The van der Waals surface area contributed by atoms with Gasteiger partial charge in [0.05, 0.1) is 13.0 Å². The Balaban J connectivity index is 1.54. The number of unbranched alkanes of at least 4 members (excludes halogenated alkanes) is 1. The largest absolute Gasteiger partial charge is 0.481 e. The highest BCUT2D eigenvalue weighted by molar-refractivity contribution is 6.04. The van der Waals surface area contributed by atoms with Gasteiger partial charge in [-0.15, -0.1) is 10.6 Å². The first-order valence-corrected chi connectivity index (χ1v) is 10.8. The molecule has 0 fully saturated rings. The number of carbonyl (C=O) groups is 1. The minimum Gasteiger partial charge on any atom is -0.481 e. The fraction of sp³-hybridized carbons (Fsp3) is 0.304. The molecule has 2 heterocycles. The van der Waals surface area contributed by atoms with E-state index in [1.807, 2.05) is 22.9 Å². The van der Waals surface area contributed by atoms with E-state index >= 15 is 0 Å². The second-order valence-electron chi connectivity index (χ2n) is 7.66. The Kier molecular flexibility index (Phi) is 6.76. The molecule has 9 heteroatoms. The van der Waals surface area contributed by atoms with E-state index in [0.29, 0.717) is 18.8 Å². The van der Waals surface area contributed by atoms with E-state index in [1.54, 1.807) is 0 Å². The van der Waals surface area contributed by atoms with Gasteiger partial charge < -0.3 is 5.11 Å². The molecule has 0 atom stereocenters. The third-order valence-electron chi connectivity index (χ3n) is 5.29. The molecule has 1 aliphatic rings. The normalized spacial score (nSPS) is 12.8. The first kappa shape index (κ1) is 21.5. The van der Waals surface area contributed by atoms with E-state index < -0.39 is 5.97 Å². The number of aromatic nitrogens is 3. The molecule has 9 nitrogen and oxygen atoms in total. The van der Waals surface area contributed by atoms with Crippen molar-refractivity contribution in [2.24, 2.45) is 5.10 Å². The minimum absolute atomic E-state index is 0.0382. The van der Waals surface area contributed by atoms with Gasteiger partial charge in [-0.25, -0.2) is 15.2 Å². The van der Waals surface area contributed by atoms with Crippen molar-refractivity contribution in [2.75, 3.05) is 0 Å². The zero-order valence-corrected chi connectivity index (χ0v) is 18.0. The predicted molar refractivity (Wildman–Crippen MR) is 122 cm³/mol. The summed E-state index contributed by atoms with van der Waals surface area (Å²) >= 11 is 0. The summed E-state index contributed by atoms with van der Waals surface area (Å²) in [5.74, 6) is 1.41. The summed E-state index contributed by atoms with van der Waals surface area (Å²) in [6.45, 7) is 2.74. The van der Waals surface area contributed by atoms with Crippen molar-refractivity contribution in [2.45, 2.75) is 45.6 Å². The van der Waals surface area contributed by atoms with Crippen LogP contribution in [-0.4, -0.2) is 31.7 Å². The number of hydrogen-bond donors (Lipinski definition) is 4. The average Bonchev–Trinajstić information content (AvgIpc) is 3.47. The van der Waals surface area contributed by atoms with Crippen LogP contribution in [-0.2, 0) is 24.2 Å². The van der Waals surface area contributed by atoms with Gasteiger partial charge in [-0.3, -0.25) is 10.2 Å². The van der Waals surface area contributed by atoms with Gasteiger partial charge in [0.15, 0.2) is 11.7 Å². The molecule has 1 aliphatic heterocycles. The molecule has 0 radical (unpaired) electrons. The zero-order valence-electron chi connectivity index (χ0n) is 18.0. The number of carboxylic acids is 1. The van der Waals surface area contributed by atoms with Gasteiger partial charge in [-0.2, -0.15) is 5.10 Å². The molecule has 166 valence electrons. The van der Waals surface area contributed by atoms with E-state index in [1.165, 1.54) is 0 Å². The van der Waals surface area contributed by atoms with E-state index in [-0.39, 0.29) is 6.42 Å². The van der Waals surface area contributed by atoms with E-state index in [2.05, 4.69) is 68.9 Å². The molecule has 0 amide bonds. The van der Waals surface area contributed by atoms with E-state index in [0.717, 1.165) is 53.2 Å². The van der Waals surface area contributed by atoms with E-state index in [4.69, 9.17) is 5.11 Å². The second kappa shape index (κ2) is 10.1. The van der Waals surface area contributed by atoms with Crippen LogP contribution in [0.1, 0.15) is 49.0 Å². The fourth-order valence-electron chi connectivity index (χ4n) is 3.63. The molecule has 0 unspecified atom stereocenters. The van der Waals surface area contributed by atoms with Crippen molar-refractivity contribution < 1.29 is 9.90 Å². The molecule has 2 aromatic carbocycles. The summed E-state index contributed by atoms with van der Waals surface area (Å²) in [6.07, 6.45) is 3.31. The number of benzene rings is 2. The first-order chi connectivity index (χ1) is 15.6. The SMILES string of the molecule is CCCCc1nc(CCC(=O)O)nn1Cc1ccc(-c2ccccc2C2=NNNN2)cc1. The van der Waals surface area contributed by atoms with Crippen molar-refractivity contribution >= 4 is 11.8 Å². The second-order valence-corrected chi connectivity index (χ2v) is 7.66. The smallest absolute Gasteiger partial charge is 0.303 e. The van der Waals surface area contributed by atoms with Crippen molar-refractivity contribution in [3.05, 3.63) is 71.3 Å².